The molecule has 0 aromatic heterocycles. The number of rotatable bonds is 4. The molecule has 3 heteroatoms. The zero-order valence-electron chi connectivity index (χ0n) is 10.8. The lowest BCUT2D eigenvalue weighted by Crippen LogP contribution is -2.43. The van der Waals surface area contributed by atoms with E-state index in [-0.39, 0.29) is 11.8 Å². The Labute approximate surface area is 99.2 Å². The van der Waals surface area contributed by atoms with Crippen molar-refractivity contribution in [1.29, 1.82) is 0 Å². The van der Waals surface area contributed by atoms with Crippen LogP contribution in [0.15, 0.2) is 0 Å². The number of carbonyl (C=O) groups is 1. The SMILES string of the molecule is CCC(NC(=O)C1CCC(N)CC1)C(C)C. The van der Waals surface area contributed by atoms with Crippen molar-refractivity contribution >= 4 is 5.91 Å². The number of carbonyl (C=O) groups excluding carboxylic acids is 1. The van der Waals surface area contributed by atoms with Gasteiger partial charge in [0.25, 0.3) is 0 Å². The summed E-state index contributed by atoms with van der Waals surface area (Å²) >= 11 is 0. The highest BCUT2D eigenvalue weighted by atomic mass is 16.1. The van der Waals surface area contributed by atoms with Gasteiger partial charge in [-0.1, -0.05) is 20.8 Å². The van der Waals surface area contributed by atoms with Gasteiger partial charge >= 0.3 is 0 Å². The molecule has 1 fully saturated rings. The van der Waals surface area contributed by atoms with Crippen molar-refractivity contribution < 1.29 is 4.79 Å². The van der Waals surface area contributed by atoms with Crippen LogP contribution in [0.25, 0.3) is 0 Å². The minimum absolute atomic E-state index is 0.201. The summed E-state index contributed by atoms with van der Waals surface area (Å²) in [6, 6.07) is 0.638. The summed E-state index contributed by atoms with van der Waals surface area (Å²) < 4.78 is 0. The van der Waals surface area contributed by atoms with Gasteiger partial charge in [0, 0.05) is 18.0 Å². The zero-order chi connectivity index (χ0) is 12.1. The van der Waals surface area contributed by atoms with Crippen LogP contribution in [0.2, 0.25) is 0 Å². The lowest BCUT2D eigenvalue weighted by Gasteiger charge is -2.28. The standard InChI is InChI=1S/C13H26N2O/c1-4-12(9(2)3)15-13(16)10-5-7-11(14)8-6-10/h9-12H,4-8,14H2,1-3H3,(H,15,16). The van der Waals surface area contributed by atoms with Gasteiger partial charge in [0.15, 0.2) is 0 Å². The van der Waals surface area contributed by atoms with E-state index in [2.05, 4.69) is 26.1 Å². The van der Waals surface area contributed by atoms with E-state index in [4.69, 9.17) is 5.73 Å². The van der Waals surface area contributed by atoms with Crippen molar-refractivity contribution in [2.75, 3.05) is 0 Å². The Balaban J connectivity index is 2.39. The molecule has 0 saturated heterocycles. The molecule has 0 aromatic rings. The molecule has 1 saturated carbocycles. The largest absolute Gasteiger partial charge is 0.353 e. The molecule has 0 radical (unpaired) electrons. The molecule has 1 aliphatic rings. The number of hydrogen-bond acceptors (Lipinski definition) is 2. The van der Waals surface area contributed by atoms with Crippen molar-refractivity contribution in [3.05, 3.63) is 0 Å². The molecule has 1 amide bonds. The average Bonchev–Trinajstić information content (AvgIpc) is 2.26. The van der Waals surface area contributed by atoms with E-state index in [0.717, 1.165) is 32.1 Å². The van der Waals surface area contributed by atoms with E-state index in [9.17, 15) is 4.79 Å². The van der Waals surface area contributed by atoms with Crippen LogP contribution in [0.5, 0.6) is 0 Å². The van der Waals surface area contributed by atoms with E-state index in [0.29, 0.717) is 18.0 Å². The molecule has 1 aliphatic carbocycles. The van der Waals surface area contributed by atoms with Gasteiger partial charge in [-0.3, -0.25) is 4.79 Å². The number of amides is 1. The molecule has 0 heterocycles. The molecule has 1 rings (SSSR count). The van der Waals surface area contributed by atoms with Gasteiger partial charge < -0.3 is 11.1 Å². The van der Waals surface area contributed by atoms with Gasteiger partial charge in [-0.2, -0.15) is 0 Å². The second-order valence-corrected chi connectivity index (χ2v) is 5.38. The van der Waals surface area contributed by atoms with E-state index >= 15 is 0 Å². The maximum atomic E-state index is 12.0. The fraction of sp³-hybridized carbons (Fsp3) is 0.923. The quantitative estimate of drug-likeness (QED) is 0.771. The summed E-state index contributed by atoms with van der Waals surface area (Å²) in [6.07, 6.45) is 4.92. The van der Waals surface area contributed by atoms with E-state index in [1.54, 1.807) is 0 Å². The van der Waals surface area contributed by atoms with Gasteiger partial charge in [-0.15, -0.1) is 0 Å². The summed E-state index contributed by atoms with van der Waals surface area (Å²) in [5, 5.41) is 3.17. The fourth-order valence-corrected chi connectivity index (χ4v) is 2.42. The van der Waals surface area contributed by atoms with Crippen LogP contribution < -0.4 is 11.1 Å². The van der Waals surface area contributed by atoms with Crippen molar-refractivity contribution in [3.8, 4) is 0 Å². The Morgan fingerprint density at radius 2 is 1.88 bits per heavy atom. The summed E-state index contributed by atoms with van der Waals surface area (Å²) in [6.45, 7) is 6.44. The molecule has 0 aromatic carbocycles. The van der Waals surface area contributed by atoms with Gasteiger partial charge in [0.05, 0.1) is 0 Å². The van der Waals surface area contributed by atoms with Crippen LogP contribution >= 0.6 is 0 Å². The Bertz CT molecular complexity index is 220. The first-order valence-electron chi connectivity index (χ1n) is 6.60. The maximum Gasteiger partial charge on any atom is 0.223 e. The third kappa shape index (κ3) is 3.78. The third-order valence-electron chi connectivity index (χ3n) is 3.71. The fourth-order valence-electron chi connectivity index (χ4n) is 2.42. The second kappa shape index (κ2) is 6.24. The van der Waals surface area contributed by atoms with Crippen LogP contribution in [0.1, 0.15) is 52.9 Å². The molecule has 94 valence electrons. The van der Waals surface area contributed by atoms with Crippen LogP contribution in [-0.2, 0) is 4.79 Å². The summed E-state index contributed by atoms with van der Waals surface area (Å²) in [5.41, 5.74) is 5.84. The normalized spacial score (nSPS) is 27.8. The lowest BCUT2D eigenvalue weighted by atomic mass is 9.85. The van der Waals surface area contributed by atoms with Gasteiger partial charge in [0.1, 0.15) is 0 Å². The van der Waals surface area contributed by atoms with Crippen molar-refractivity contribution in [3.63, 3.8) is 0 Å². The van der Waals surface area contributed by atoms with Gasteiger partial charge in [-0.05, 0) is 38.0 Å². The van der Waals surface area contributed by atoms with Crippen LogP contribution in [-0.4, -0.2) is 18.0 Å². The first-order chi connectivity index (χ1) is 7.54. The average molecular weight is 226 g/mol. The molecule has 1 unspecified atom stereocenters. The van der Waals surface area contributed by atoms with E-state index < -0.39 is 0 Å². The molecule has 16 heavy (non-hydrogen) atoms. The molecular weight excluding hydrogens is 200 g/mol. The number of nitrogens with two attached hydrogens (primary N) is 1. The third-order valence-corrected chi connectivity index (χ3v) is 3.71. The predicted octanol–water partition coefficient (Wildman–Crippen LogP) is 2.05. The Hall–Kier alpha value is -0.570. The van der Waals surface area contributed by atoms with E-state index in [1.165, 1.54) is 0 Å². The minimum Gasteiger partial charge on any atom is -0.353 e. The van der Waals surface area contributed by atoms with Crippen LogP contribution in [0.3, 0.4) is 0 Å². The molecule has 0 spiro atoms. The summed E-state index contributed by atoms with van der Waals surface area (Å²) in [7, 11) is 0. The Morgan fingerprint density at radius 1 is 1.31 bits per heavy atom. The van der Waals surface area contributed by atoms with Crippen molar-refractivity contribution in [2.24, 2.45) is 17.6 Å². The molecule has 1 atom stereocenters. The summed E-state index contributed by atoms with van der Waals surface area (Å²) in [4.78, 5) is 12.0. The highest BCUT2D eigenvalue weighted by Crippen LogP contribution is 2.23. The Morgan fingerprint density at radius 3 is 2.31 bits per heavy atom. The number of nitrogens with one attached hydrogen (secondary N) is 1. The predicted molar refractivity (Wildman–Crippen MR) is 67.0 cm³/mol. The maximum absolute atomic E-state index is 12.0. The second-order valence-electron chi connectivity index (χ2n) is 5.38. The van der Waals surface area contributed by atoms with Gasteiger partial charge in [-0.25, -0.2) is 0 Å². The topological polar surface area (TPSA) is 55.1 Å². The smallest absolute Gasteiger partial charge is 0.223 e. The van der Waals surface area contributed by atoms with Crippen molar-refractivity contribution in [1.82, 2.24) is 5.32 Å². The Kier molecular flexibility index (Phi) is 5.26. The van der Waals surface area contributed by atoms with Gasteiger partial charge in [0.2, 0.25) is 5.91 Å². The van der Waals surface area contributed by atoms with Crippen molar-refractivity contribution in [2.45, 2.75) is 65.0 Å². The lowest BCUT2D eigenvalue weighted by molar-refractivity contribution is -0.127. The van der Waals surface area contributed by atoms with Crippen LogP contribution in [0.4, 0.5) is 0 Å². The molecule has 3 nitrogen and oxygen atoms in total. The molecule has 0 bridgehead atoms. The molecule has 0 aliphatic heterocycles. The molecule has 3 N–H and O–H groups in total. The first kappa shape index (κ1) is 13.5. The monoisotopic (exact) mass is 226 g/mol. The zero-order valence-corrected chi connectivity index (χ0v) is 10.8. The first-order valence-corrected chi connectivity index (χ1v) is 6.60. The highest BCUT2D eigenvalue weighted by molar-refractivity contribution is 5.79. The summed E-state index contributed by atoms with van der Waals surface area (Å²) in [5.74, 6) is 0.958. The van der Waals surface area contributed by atoms with Crippen LogP contribution in [0, 0.1) is 11.8 Å². The number of hydrogen-bond donors (Lipinski definition) is 2. The highest BCUT2D eigenvalue weighted by Gasteiger charge is 2.26. The molecular formula is C13H26N2O. The van der Waals surface area contributed by atoms with E-state index in [1.807, 2.05) is 0 Å². The minimum atomic E-state index is 0.201.